The summed E-state index contributed by atoms with van der Waals surface area (Å²) in [7, 11) is 1.36. The van der Waals surface area contributed by atoms with Gasteiger partial charge in [0.2, 0.25) is 0 Å². The van der Waals surface area contributed by atoms with E-state index >= 15 is 0 Å². The molecule has 0 aromatic heterocycles. The molecule has 0 spiro atoms. The van der Waals surface area contributed by atoms with Crippen LogP contribution in [0.5, 0.6) is 0 Å². The summed E-state index contributed by atoms with van der Waals surface area (Å²) in [5.74, 6) is -0.131. The highest BCUT2D eigenvalue weighted by atomic mass is 35.5. The molecule has 1 rings (SSSR count). The fourth-order valence-corrected chi connectivity index (χ4v) is 1.72. The summed E-state index contributed by atoms with van der Waals surface area (Å²) in [4.78, 5) is 10.8. The first kappa shape index (κ1) is 11.1. The Kier molecular flexibility index (Phi) is 3.96. The third kappa shape index (κ3) is 3.38. The monoisotopic (exact) mass is 212 g/mol. The summed E-state index contributed by atoms with van der Waals surface area (Å²) < 4.78 is 4.50. The van der Waals surface area contributed by atoms with Gasteiger partial charge in [0, 0.05) is 17.0 Å². The second kappa shape index (κ2) is 5.01. The Morgan fingerprint density at radius 1 is 1.71 bits per heavy atom. The van der Waals surface area contributed by atoms with E-state index in [0.717, 1.165) is 11.5 Å². The Balaban J connectivity index is 2.61. The Labute approximate surface area is 88.9 Å². The number of esters is 1. The Morgan fingerprint density at radius 2 is 2.43 bits per heavy atom. The van der Waals surface area contributed by atoms with Crippen LogP contribution in [-0.2, 0) is 9.53 Å². The van der Waals surface area contributed by atoms with Gasteiger partial charge in [-0.25, -0.2) is 4.79 Å². The topological polar surface area (TPSA) is 26.3 Å². The smallest absolute Gasteiger partial charge is 0.330 e. The zero-order valence-corrected chi connectivity index (χ0v) is 9.04. The van der Waals surface area contributed by atoms with Crippen LogP contribution in [0.1, 0.15) is 13.3 Å². The number of rotatable bonds is 2. The molecule has 14 heavy (non-hydrogen) atoms. The molecule has 3 heteroatoms. The van der Waals surface area contributed by atoms with Gasteiger partial charge in [-0.05, 0) is 19.4 Å². The van der Waals surface area contributed by atoms with Crippen LogP contribution in [0, 0.1) is 5.92 Å². The van der Waals surface area contributed by atoms with E-state index < -0.39 is 0 Å². The number of methoxy groups -OCH3 is 1. The molecule has 1 aliphatic rings. The standard InChI is InChI=1S/C11H13ClO2/c1-8-5-9(7-10(12)6-8)3-4-11(13)14-2/h3-4,6-7,9H,5H2,1-2H3. The average Bonchev–Trinajstić information content (AvgIpc) is 2.12. The molecule has 0 aromatic rings. The Bertz CT molecular complexity index is 313. The van der Waals surface area contributed by atoms with Crippen LogP contribution in [0.3, 0.4) is 0 Å². The van der Waals surface area contributed by atoms with Gasteiger partial charge in [0.05, 0.1) is 7.11 Å². The zero-order valence-electron chi connectivity index (χ0n) is 8.29. The van der Waals surface area contributed by atoms with Crippen LogP contribution < -0.4 is 0 Å². The van der Waals surface area contributed by atoms with Crippen LogP contribution >= 0.6 is 11.6 Å². The summed E-state index contributed by atoms with van der Waals surface area (Å²) in [5.41, 5.74) is 1.22. The van der Waals surface area contributed by atoms with Gasteiger partial charge in [-0.15, -0.1) is 0 Å². The van der Waals surface area contributed by atoms with E-state index in [1.54, 1.807) is 0 Å². The first-order valence-corrected chi connectivity index (χ1v) is 4.80. The molecule has 1 atom stereocenters. The van der Waals surface area contributed by atoms with Gasteiger partial charge in [-0.3, -0.25) is 0 Å². The van der Waals surface area contributed by atoms with E-state index in [1.807, 2.05) is 25.2 Å². The third-order valence-corrected chi connectivity index (χ3v) is 2.23. The van der Waals surface area contributed by atoms with Crippen LogP contribution in [0.2, 0.25) is 0 Å². The van der Waals surface area contributed by atoms with Crippen molar-refractivity contribution in [2.75, 3.05) is 7.11 Å². The summed E-state index contributed by atoms with van der Waals surface area (Å²) in [6.07, 6.45) is 8.01. The van der Waals surface area contributed by atoms with Crippen molar-refractivity contribution in [1.29, 1.82) is 0 Å². The maximum absolute atomic E-state index is 10.8. The van der Waals surface area contributed by atoms with Gasteiger partial charge in [0.15, 0.2) is 0 Å². The minimum Gasteiger partial charge on any atom is -0.466 e. The van der Waals surface area contributed by atoms with Crippen molar-refractivity contribution in [1.82, 2.24) is 0 Å². The van der Waals surface area contributed by atoms with Crippen LogP contribution in [0.15, 0.2) is 34.9 Å². The zero-order chi connectivity index (χ0) is 10.6. The van der Waals surface area contributed by atoms with Crippen molar-refractivity contribution < 1.29 is 9.53 Å². The lowest BCUT2D eigenvalue weighted by Gasteiger charge is -2.13. The molecule has 0 aliphatic heterocycles. The number of carbonyl (C=O) groups excluding carboxylic acids is 1. The fourth-order valence-electron chi connectivity index (χ4n) is 1.37. The minimum atomic E-state index is -0.332. The number of ether oxygens (including phenoxy) is 1. The van der Waals surface area contributed by atoms with E-state index in [4.69, 9.17) is 11.6 Å². The lowest BCUT2D eigenvalue weighted by atomic mass is 9.95. The minimum absolute atomic E-state index is 0.201. The molecule has 0 saturated carbocycles. The highest BCUT2D eigenvalue weighted by Gasteiger charge is 2.09. The largest absolute Gasteiger partial charge is 0.466 e. The molecule has 1 aliphatic carbocycles. The number of halogens is 1. The molecule has 0 radical (unpaired) electrons. The third-order valence-electron chi connectivity index (χ3n) is 2.00. The molecule has 76 valence electrons. The predicted octanol–water partition coefficient (Wildman–Crippen LogP) is 2.80. The summed E-state index contributed by atoms with van der Waals surface area (Å²) >= 11 is 5.89. The molecule has 1 unspecified atom stereocenters. The molecule has 0 bridgehead atoms. The lowest BCUT2D eigenvalue weighted by molar-refractivity contribution is -0.134. The summed E-state index contributed by atoms with van der Waals surface area (Å²) in [6, 6.07) is 0. The molecular weight excluding hydrogens is 200 g/mol. The SMILES string of the molecule is COC(=O)C=CC1C=C(Cl)C=C(C)C1. The Morgan fingerprint density at radius 3 is 3.00 bits per heavy atom. The second-order valence-electron chi connectivity index (χ2n) is 3.29. The van der Waals surface area contributed by atoms with Gasteiger partial charge in [0.25, 0.3) is 0 Å². The van der Waals surface area contributed by atoms with Crippen molar-refractivity contribution >= 4 is 17.6 Å². The molecular formula is C11H13ClO2. The molecule has 0 N–H and O–H groups in total. The van der Waals surface area contributed by atoms with E-state index in [1.165, 1.54) is 18.8 Å². The molecule has 0 heterocycles. The van der Waals surface area contributed by atoms with Crippen LogP contribution in [0.4, 0.5) is 0 Å². The lowest BCUT2D eigenvalue weighted by Crippen LogP contribution is -2.01. The predicted molar refractivity (Wildman–Crippen MR) is 57.0 cm³/mol. The van der Waals surface area contributed by atoms with Crippen LogP contribution in [0.25, 0.3) is 0 Å². The maximum atomic E-state index is 10.8. The summed E-state index contributed by atoms with van der Waals surface area (Å²) in [6.45, 7) is 2.02. The van der Waals surface area contributed by atoms with Gasteiger partial charge >= 0.3 is 5.97 Å². The second-order valence-corrected chi connectivity index (χ2v) is 3.73. The quantitative estimate of drug-likeness (QED) is 0.520. The van der Waals surface area contributed by atoms with Crippen LogP contribution in [-0.4, -0.2) is 13.1 Å². The number of hydrogen-bond acceptors (Lipinski definition) is 2. The number of allylic oxidation sites excluding steroid dienone is 5. The number of hydrogen-bond donors (Lipinski definition) is 0. The van der Waals surface area contributed by atoms with Crippen molar-refractivity contribution in [2.45, 2.75) is 13.3 Å². The summed E-state index contributed by atoms with van der Waals surface area (Å²) in [5, 5.41) is 0.730. The highest BCUT2D eigenvalue weighted by Crippen LogP contribution is 2.25. The van der Waals surface area contributed by atoms with Crippen molar-refractivity contribution in [3.05, 3.63) is 34.9 Å². The normalized spacial score (nSPS) is 21.8. The molecule has 2 nitrogen and oxygen atoms in total. The Hall–Kier alpha value is -1.02. The van der Waals surface area contributed by atoms with Gasteiger partial charge in [-0.2, -0.15) is 0 Å². The molecule has 0 aromatic carbocycles. The van der Waals surface area contributed by atoms with Crippen molar-refractivity contribution in [3.63, 3.8) is 0 Å². The molecule has 0 amide bonds. The van der Waals surface area contributed by atoms with E-state index in [9.17, 15) is 4.79 Å². The average molecular weight is 213 g/mol. The van der Waals surface area contributed by atoms with Gasteiger partial charge < -0.3 is 4.74 Å². The van der Waals surface area contributed by atoms with E-state index in [0.29, 0.717) is 0 Å². The van der Waals surface area contributed by atoms with Crippen molar-refractivity contribution in [2.24, 2.45) is 5.92 Å². The van der Waals surface area contributed by atoms with Gasteiger partial charge in [0.1, 0.15) is 0 Å². The fraction of sp³-hybridized carbons (Fsp3) is 0.364. The molecule has 0 fully saturated rings. The highest BCUT2D eigenvalue weighted by molar-refractivity contribution is 6.31. The van der Waals surface area contributed by atoms with Crippen molar-refractivity contribution in [3.8, 4) is 0 Å². The van der Waals surface area contributed by atoms with Gasteiger partial charge in [-0.1, -0.05) is 29.3 Å². The maximum Gasteiger partial charge on any atom is 0.330 e. The van der Waals surface area contributed by atoms with E-state index in [-0.39, 0.29) is 11.9 Å². The first-order valence-electron chi connectivity index (χ1n) is 4.42. The number of carbonyl (C=O) groups is 1. The van der Waals surface area contributed by atoms with E-state index in [2.05, 4.69) is 4.74 Å². The molecule has 0 saturated heterocycles. The first-order chi connectivity index (χ1) is 6.61.